The number of likely N-dealkylation sites (tertiary alicyclic amines) is 1. The summed E-state index contributed by atoms with van der Waals surface area (Å²) in [4.78, 5) is 18.4. The lowest BCUT2D eigenvalue weighted by atomic mass is 10.3. The van der Waals surface area contributed by atoms with Gasteiger partial charge in [-0.25, -0.2) is 0 Å². The summed E-state index contributed by atoms with van der Waals surface area (Å²) in [7, 11) is 0. The summed E-state index contributed by atoms with van der Waals surface area (Å²) in [5, 5.41) is 6.45. The lowest BCUT2D eigenvalue weighted by Gasteiger charge is -2.16. The van der Waals surface area contributed by atoms with Crippen LogP contribution in [0.3, 0.4) is 0 Å². The fourth-order valence-electron chi connectivity index (χ4n) is 2.41. The van der Waals surface area contributed by atoms with Gasteiger partial charge in [0, 0.05) is 52.4 Å². The van der Waals surface area contributed by atoms with Gasteiger partial charge in [-0.2, -0.15) is 0 Å². The second kappa shape index (κ2) is 15.0. The Labute approximate surface area is 157 Å². The summed E-state index contributed by atoms with van der Waals surface area (Å²) in [6.45, 7) is 9.72. The zero-order chi connectivity index (χ0) is 16.0. The number of rotatable bonds is 10. The quantitative estimate of drug-likeness (QED) is 0.236. The first-order valence-corrected chi connectivity index (χ1v) is 8.65. The van der Waals surface area contributed by atoms with Gasteiger partial charge in [-0.05, 0) is 39.5 Å². The maximum absolute atomic E-state index is 12.0. The van der Waals surface area contributed by atoms with Gasteiger partial charge in [0.05, 0.1) is 0 Å². The molecule has 1 saturated heterocycles. The molecule has 0 aromatic rings. The number of hydrogen-bond acceptors (Lipinski definition) is 3. The van der Waals surface area contributed by atoms with Crippen molar-refractivity contribution in [2.24, 2.45) is 4.99 Å². The molecule has 0 aromatic carbocycles. The number of carbonyl (C=O) groups excluding carboxylic acids is 1. The number of halogens is 1. The molecule has 0 aliphatic carbocycles. The molecule has 1 fully saturated rings. The number of unbranched alkanes of at least 4 members (excludes halogenated alkanes) is 1. The van der Waals surface area contributed by atoms with E-state index in [9.17, 15) is 4.79 Å². The van der Waals surface area contributed by atoms with Gasteiger partial charge < -0.3 is 20.3 Å². The lowest BCUT2D eigenvalue weighted by Crippen LogP contribution is -2.39. The minimum absolute atomic E-state index is 0. The van der Waals surface area contributed by atoms with E-state index in [1.807, 2.05) is 18.7 Å². The summed E-state index contributed by atoms with van der Waals surface area (Å²) < 4.78 is 5.31. The Morgan fingerprint density at radius 2 is 1.91 bits per heavy atom. The van der Waals surface area contributed by atoms with E-state index in [0.717, 1.165) is 71.0 Å². The number of nitrogens with zero attached hydrogens (tertiary/aromatic N) is 2. The molecule has 0 atom stereocenters. The molecule has 0 unspecified atom stereocenters. The van der Waals surface area contributed by atoms with Gasteiger partial charge in [0.2, 0.25) is 5.91 Å². The number of ether oxygens (including phenoxy) is 1. The van der Waals surface area contributed by atoms with Crippen molar-refractivity contribution in [3.63, 3.8) is 0 Å². The van der Waals surface area contributed by atoms with Gasteiger partial charge in [0.25, 0.3) is 0 Å². The Morgan fingerprint density at radius 3 is 2.57 bits per heavy atom. The van der Waals surface area contributed by atoms with Crippen molar-refractivity contribution in [2.75, 3.05) is 45.9 Å². The summed E-state index contributed by atoms with van der Waals surface area (Å²) in [6, 6.07) is 0. The van der Waals surface area contributed by atoms with Crippen LogP contribution in [0.25, 0.3) is 0 Å². The van der Waals surface area contributed by atoms with E-state index in [-0.39, 0.29) is 29.9 Å². The van der Waals surface area contributed by atoms with Crippen LogP contribution in [0.5, 0.6) is 0 Å². The largest absolute Gasteiger partial charge is 0.382 e. The predicted molar refractivity (Wildman–Crippen MR) is 106 cm³/mol. The molecule has 1 rings (SSSR count). The van der Waals surface area contributed by atoms with Crippen LogP contribution in [-0.2, 0) is 9.53 Å². The van der Waals surface area contributed by atoms with Crippen LogP contribution in [0.15, 0.2) is 4.99 Å². The van der Waals surface area contributed by atoms with Gasteiger partial charge in [0.15, 0.2) is 5.96 Å². The van der Waals surface area contributed by atoms with Gasteiger partial charge in [-0.3, -0.25) is 9.79 Å². The van der Waals surface area contributed by atoms with Crippen LogP contribution in [0, 0.1) is 0 Å². The third kappa shape index (κ3) is 10.8. The maximum atomic E-state index is 12.0. The van der Waals surface area contributed by atoms with E-state index in [0.29, 0.717) is 13.0 Å². The number of guanidine groups is 1. The highest BCUT2D eigenvalue weighted by Crippen LogP contribution is 2.08. The number of amides is 1. The molecule has 1 aliphatic rings. The van der Waals surface area contributed by atoms with Gasteiger partial charge in [-0.15, -0.1) is 24.0 Å². The van der Waals surface area contributed by atoms with E-state index < -0.39 is 0 Å². The highest BCUT2D eigenvalue weighted by Gasteiger charge is 2.17. The zero-order valence-electron chi connectivity index (χ0n) is 14.6. The normalized spacial score (nSPS) is 14.5. The van der Waals surface area contributed by atoms with Crippen LogP contribution in [-0.4, -0.2) is 62.7 Å². The molecule has 1 heterocycles. The fourth-order valence-corrected chi connectivity index (χ4v) is 2.41. The summed E-state index contributed by atoms with van der Waals surface area (Å²) in [6.07, 6.45) is 4.87. The van der Waals surface area contributed by atoms with E-state index in [4.69, 9.17) is 4.74 Å². The molecule has 1 amide bonds. The van der Waals surface area contributed by atoms with E-state index in [1.54, 1.807) is 0 Å². The molecule has 0 spiro atoms. The van der Waals surface area contributed by atoms with Crippen LogP contribution >= 0.6 is 24.0 Å². The summed E-state index contributed by atoms with van der Waals surface area (Å²) in [5.74, 6) is 1.05. The molecule has 0 bridgehead atoms. The van der Waals surface area contributed by atoms with Crippen molar-refractivity contribution in [3.05, 3.63) is 0 Å². The van der Waals surface area contributed by atoms with Gasteiger partial charge in [-0.1, -0.05) is 0 Å². The first kappa shape index (κ1) is 22.4. The first-order valence-electron chi connectivity index (χ1n) is 8.65. The van der Waals surface area contributed by atoms with E-state index >= 15 is 0 Å². The highest BCUT2D eigenvalue weighted by molar-refractivity contribution is 14.0. The molecule has 0 aromatic heterocycles. The molecule has 0 saturated carbocycles. The van der Waals surface area contributed by atoms with Crippen LogP contribution in [0.4, 0.5) is 0 Å². The number of carbonyl (C=O) groups is 1. The lowest BCUT2D eigenvalue weighted by molar-refractivity contribution is -0.129. The van der Waals surface area contributed by atoms with E-state index in [1.165, 1.54) is 0 Å². The SMILES string of the molecule is CCNC(=NCCCCOCC)NCCC(=O)N1CCCC1.I. The van der Waals surface area contributed by atoms with Crippen LogP contribution in [0.2, 0.25) is 0 Å². The second-order valence-electron chi connectivity index (χ2n) is 5.43. The Hall–Kier alpha value is -0.570. The van der Waals surface area contributed by atoms with Crippen molar-refractivity contribution in [2.45, 2.75) is 46.0 Å². The smallest absolute Gasteiger partial charge is 0.224 e. The molecule has 7 heteroatoms. The minimum atomic E-state index is 0. The van der Waals surface area contributed by atoms with Crippen molar-refractivity contribution >= 4 is 35.8 Å². The zero-order valence-corrected chi connectivity index (χ0v) is 16.9. The Morgan fingerprint density at radius 1 is 1.17 bits per heavy atom. The third-order valence-electron chi connectivity index (χ3n) is 3.61. The highest BCUT2D eigenvalue weighted by atomic mass is 127. The fraction of sp³-hybridized carbons (Fsp3) is 0.875. The number of nitrogens with one attached hydrogen (secondary N) is 2. The molecule has 2 N–H and O–H groups in total. The van der Waals surface area contributed by atoms with Crippen LogP contribution in [0.1, 0.15) is 46.0 Å². The van der Waals surface area contributed by atoms with Crippen LogP contribution < -0.4 is 10.6 Å². The topological polar surface area (TPSA) is 66.0 Å². The number of hydrogen-bond donors (Lipinski definition) is 2. The Kier molecular flexibility index (Phi) is 14.6. The van der Waals surface area contributed by atoms with Crippen molar-refractivity contribution in [1.82, 2.24) is 15.5 Å². The molecule has 0 radical (unpaired) electrons. The Balaban J connectivity index is 0.00000484. The van der Waals surface area contributed by atoms with Gasteiger partial charge in [0.1, 0.15) is 0 Å². The summed E-state index contributed by atoms with van der Waals surface area (Å²) >= 11 is 0. The Bertz CT molecular complexity index is 334. The molecule has 6 nitrogen and oxygen atoms in total. The molecular weight excluding hydrogens is 407 g/mol. The number of aliphatic imine (C=N–C) groups is 1. The second-order valence-corrected chi connectivity index (χ2v) is 5.43. The molecule has 136 valence electrons. The molecular formula is C16H33IN4O2. The van der Waals surface area contributed by atoms with Crippen molar-refractivity contribution in [3.8, 4) is 0 Å². The molecule has 23 heavy (non-hydrogen) atoms. The average Bonchev–Trinajstić information content (AvgIpc) is 3.05. The standard InChI is InChI=1S/C16H32N4O2.HI/c1-3-17-16(18-10-5-8-14-22-4-2)19-11-9-15(21)20-12-6-7-13-20;/h3-14H2,1-2H3,(H2,17,18,19);1H. The first-order chi connectivity index (χ1) is 10.8. The monoisotopic (exact) mass is 440 g/mol. The molecule has 1 aliphatic heterocycles. The maximum Gasteiger partial charge on any atom is 0.224 e. The third-order valence-corrected chi connectivity index (χ3v) is 3.61. The van der Waals surface area contributed by atoms with E-state index in [2.05, 4.69) is 15.6 Å². The van der Waals surface area contributed by atoms with Crippen molar-refractivity contribution in [1.29, 1.82) is 0 Å². The van der Waals surface area contributed by atoms with Gasteiger partial charge >= 0.3 is 0 Å². The minimum Gasteiger partial charge on any atom is -0.382 e. The summed E-state index contributed by atoms with van der Waals surface area (Å²) in [5.41, 5.74) is 0. The van der Waals surface area contributed by atoms with Crippen molar-refractivity contribution < 1.29 is 9.53 Å². The predicted octanol–water partition coefficient (Wildman–Crippen LogP) is 1.99. The average molecular weight is 440 g/mol.